The molecule has 2 aliphatic rings. The molecule has 178 valence electrons. The summed E-state index contributed by atoms with van der Waals surface area (Å²) in [6.45, 7) is 0.340. The van der Waals surface area contributed by atoms with Gasteiger partial charge in [0.15, 0.2) is 0 Å². The molecule has 2 aliphatic heterocycles. The van der Waals surface area contributed by atoms with Gasteiger partial charge in [-0.1, -0.05) is 18.2 Å². The van der Waals surface area contributed by atoms with E-state index in [2.05, 4.69) is 11.4 Å². The monoisotopic (exact) mass is 474 g/mol. The Balaban J connectivity index is 1.55. The molecule has 5 rings (SSSR count). The van der Waals surface area contributed by atoms with Gasteiger partial charge in [0, 0.05) is 31.3 Å². The molecular formula is C27H24F2N4O2. The minimum absolute atomic E-state index is 0.0405. The maximum Gasteiger partial charge on any atom is 0.322 e. The van der Waals surface area contributed by atoms with E-state index in [1.807, 2.05) is 48.3 Å². The van der Waals surface area contributed by atoms with Crippen LogP contribution in [0.4, 0.5) is 25.0 Å². The lowest BCUT2D eigenvalue weighted by Gasteiger charge is -2.44. The highest BCUT2D eigenvalue weighted by atomic mass is 19.1. The lowest BCUT2D eigenvalue weighted by Crippen LogP contribution is -2.48. The second-order valence-electron chi connectivity index (χ2n) is 8.97. The number of nitrogens with one attached hydrogen (secondary N) is 1. The van der Waals surface area contributed by atoms with E-state index in [1.165, 1.54) is 0 Å². The Bertz CT molecular complexity index is 1340. The maximum atomic E-state index is 14.2. The number of nitriles is 1. The molecule has 0 unspecified atom stereocenters. The number of aliphatic hydroxyl groups excluding tert-OH is 1. The number of benzene rings is 3. The van der Waals surface area contributed by atoms with Gasteiger partial charge in [0.05, 0.1) is 36.0 Å². The number of hydrogen-bond donors (Lipinski definition) is 2. The molecule has 3 atom stereocenters. The highest BCUT2D eigenvalue weighted by molar-refractivity contribution is 5.90. The van der Waals surface area contributed by atoms with Gasteiger partial charge < -0.3 is 20.2 Å². The summed E-state index contributed by atoms with van der Waals surface area (Å²) in [6, 6.07) is 17.3. The van der Waals surface area contributed by atoms with Gasteiger partial charge in [-0.2, -0.15) is 5.26 Å². The molecule has 0 aliphatic carbocycles. The van der Waals surface area contributed by atoms with Gasteiger partial charge in [0.1, 0.15) is 11.6 Å². The highest BCUT2D eigenvalue weighted by Gasteiger charge is 2.47. The molecule has 2 heterocycles. The summed E-state index contributed by atoms with van der Waals surface area (Å²) in [5.41, 5.74) is 3.92. The summed E-state index contributed by atoms with van der Waals surface area (Å²) in [6.07, 6.45) is 0.660. The fourth-order valence-electron chi connectivity index (χ4n) is 5.41. The highest BCUT2D eigenvalue weighted by Crippen LogP contribution is 2.49. The SMILES string of the molecule is CN1c2ccc(-c3cccc(C#N)c3)cc2[C@@H]2[C@@H](CCN2C(=O)Nc2cc(F)ccc2F)[C@H]1CO. The number of nitrogens with zero attached hydrogens (tertiary/aromatic N) is 3. The Morgan fingerprint density at radius 3 is 2.71 bits per heavy atom. The number of likely N-dealkylation sites (tertiary alicyclic amines) is 1. The van der Waals surface area contributed by atoms with Crippen molar-refractivity contribution in [3.63, 3.8) is 0 Å². The van der Waals surface area contributed by atoms with E-state index in [1.54, 1.807) is 11.0 Å². The van der Waals surface area contributed by atoms with E-state index >= 15 is 0 Å². The zero-order chi connectivity index (χ0) is 24.7. The van der Waals surface area contributed by atoms with E-state index in [0.29, 0.717) is 18.5 Å². The number of fused-ring (bicyclic) bond motifs is 3. The van der Waals surface area contributed by atoms with Crippen LogP contribution >= 0.6 is 0 Å². The van der Waals surface area contributed by atoms with Crippen molar-refractivity contribution in [2.24, 2.45) is 5.92 Å². The molecule has 0 spiro atoms. The molecule has 2 amide bonds. The molecule has 0 bridgehead atoms. The zero-order valence-electron chi connectivity index (χ0n) is 19.1. The van der Waals surface area contributed by atoms with Crippen molar-refractivity contribution in [3.8, 4) is 17.2 Å². The van der Waals surface area contributed by atoms with E-state index < -0.39 is 17.7 Å². The second-order valence-corrected chi connectivity index (χ2v) is 8.97. The maximum absolute atomic E-state index is 14.2. The number of anilines is 2. The van der Waals surface area contributed by atoms with Crippen LogP contribution in [0.15, 0.2) is 60.7 Å². The summed E-state index contributed by atoms with van der Waals surface area (Å²) >= 11 is 0. The van der Waals surface area contributed by atoms with Crippen LogP contribution in [0, 0.1) is 28.9 Å². The second kappa shape index (κ2) is 9.01. The summed E-state index contributed by atoms with van der Waals surface area (Å²) in [5.74, 6) is -1.40. The molecular weight excluding hydrogens is 450 g/mol. The standard InChI is InChI=1S/C27H24F2N4O2/c1-32-24-8-5-18(17-4-2-3-16(11-17)14-30)12-21(24)26-20(25(32)15-34)9-10-33(26)27(35)31-23-13-19(28)6-7-22(23)29/h2-8,11-13,20,25-26,34H,9-10,15H2,1H3,(H,31,35)/t20-,25+,26-/m0/s1. The van der Waals surface area contributed by atoms with Gasteiger partial charge in [0.25, 0.3) is 0 Å². The minimum atomic E-state index is -0.716. The molecule has 1 saturated heterocycles. The van der Waals surface area contributed by atoms with Crippen molar-refractivity contribution in [2.45, 2.75) is 18.5 Å². The molecule has 3 aromatic rings. The first kappa shape index (κ1) is 22.8. The first-order valence-corrected chi connectivity index (χ1v) is 11.4. The summed E-state index contributed by atoms with van der Waals surface area (Å²) in [7, 11) is 1.93. The van der Waals surface area contributed by atoms with E-state index in [4.69, 9.17) is 0 Å². The lowest BCUT2D eigenvalue weighted by molar-refractivity contribution is 0.168. The molecule has 0 aromatic heterocycles. The third-order valence-electron chi connectivity index (χ3n) is 7.11. The van der Waals surface area contributed by atoms with Crippen LogP contribution in [0.1, 0.15) is 23.6 Å². The largest absolute Gasteiger partial charge is 0.394 e. The van der Waals surface area contributed by atoms with Crippen molar-refractivity contribution < 1.29 is 18.7 Å². The van der Waals surface area contributed by atoms with Gasteiger partial charge >= 0.3 is 6.03 Å². The summed E-state index contributed by atoms with van der Waals surface area (Å²) < 4.78 is 27.9. The first-order chi connectivity index (χ1) is 16.9. The fraction of sp³-hybridized carbons (Fsp3) is 0.259. The lowest BCUT2D eigenvalue weighted by atomic mass is 9.81. The van der Waals surface area contributed by atoms with Gasteiger partial charge in [-0.15, -0.1) is 0 Å². The third kappa shape index (κ3) is 3.98. The predicted octanol–water partition coefficient (Wildman–Crippen LogP) is 4.91. The predicted molar refractivity (Wildman–Crippen MR) is 129 cm³/mol. The van der Waals surface area contributed by atoms with Crippen molar-refractivity contribution >= 4 is 17.4 Å². The Hall–Kier alpha value is -3.96. The van der Waals surface area contributed by atoms with Crippen molar-refractivity contribution in [2.75, 3.05) is 30.4 Å². The third-order valence-corrected chi connectivity index (χ3v) is 7.11. The first-order valence-electron chi connectivity index (χ1n) is 11.4. The van der Waals surface area contributed by atoms with Crippen LogP contribution in [-0.2, 0) is 0 Å². The normalized spacial score (nSPS) is 20.7. The topological polar surface area (TPSA) is 79.6 Å². The van der Waals surface area contributed by atoms with Crippen LogP contribution in [0.2, 0.25) is 0 Å². The molecule has 3 aromatic carbocycles. The number of halogens is 2. The van der Waals surface area contributed by atoms with Crippen molar-refractivity contribution in [1.29, 1.82) is 5.26 Å². The summed E-state index contributed by atoms with van der Waals surface area (Å²) in [4.78, 5) is 17.0. The smallest absolute Gasteiger partial charge is 0.322 e. The van der Waals surface area contributed by atoms with Crippen LogP contribution in [0.3, 0.4) is 0 Å². The van der Waals surface area contributed by atoms with Crippen molar-refractivity contribution in [1.82, 2.24) is 4.90 Å². The average Bonchev–Trinajstić information content (AvgIpc) is 3.31. The molecule has 1 fully saturated rings. The number of amides is 2. The Kier molecular flexibility index (Phi) is 5.87. The zero-order valence-corrected chi connectivity index (χ0v) is 19.1. The van der Waals surface area contributed by atoms with Gasteiger partial charge in [-0.05, 0) is 59.5 Å². The number of carbonyl (C=O) groups excluding carboxylic acids is 1. The molecule has 0 radical (unpaired) electrons. The van der Waals surface area contributed by atoms with E-state index in [0.717, 1.165) is 40.6 Å². The van der Waals surface area contributed by atoms with Gasteiger partial charge in [-0.3, -0.25) is 0 Å². The molecule has 35 heavy (non-hydrogen) atoms. The molecule has 2 N–H and O–H groups in total. The van der Waals surface area contributed by atoms with E-state index in [9.17, 15) is 23.9 Å². The number of likely N-dealkylation sites (N-methyl/N-ethyl adjacent to an activating group) is 1. The fourth-order valence-corrected chi connectivity index (χ4v) is 5.41. The van der Waals surface area contributed by atoms with Crippen LogP contribution in [0.5, 0.6) is 0 Å². The average molecular weight is 475 g/mol. The van der Waals surface area contributed by atoms with Crippen LogP contribution in [0.25, 0.3) is 11.1 Å². The van der Waals surface area contributed by atoms with E-state index in [-0.39, 0.29) is 30.3 Å². The van der Waals surface area contributed by atoms with Crippen LogP contribution < -0.4 is 10.2 Å². The number of aliphatic hydroxyl groups is 1. The summed E-state index contributed by atoms with van der Waals surface area (Å²) in [5, 5.41) is 22.0. The van der Waals surface area contributed by atoms with Gasteiger partial charge in [-0.25, -0.2) is 13.6 Å². The van der Waals surface area contributed by atoms with Crippen LogP contribution in [-0.4, -0.2) is 42.3 Å². The Labute approximate surface area is 202 Å². The number of carbonyl (C=O) groups is 1. The molecule has 8 heteroatoms. The van der Waals surface area contributed by atoms with Crippen molar-refractivity contribution in [3.05, 3.63) is 83.4 Å². The number of rotatable bonds is 3. The Morgan fingerprint density at radius 1 is 1.14 bits per heavy atom. The minimum Gasteiger partial charge on any atom is -0.394 e. The molecule has 6 nitrogen and oxygen atoms in total. The number of urea groups is 1. The molecule has 0 saturated carbocycles. The number of hydrogen-bond acceptors (Lipinski definition) is 4. The quantitative estimate of drug-likeness (QED) is 0.566. The van der Waals surface area contributed by atoms with Gasteiger partial charge in [0.2, 0.25) is 0 Å². The Morgan fingerprint density at radius 2 is 1.94 bits per heavy atom.